The lowest BCUT2D eigenvalue weighted by molar-refractivity contribution is -0.129. The van der Waals surface area contributed by atoms with Crippen molar-refractivity contribution in [1.29, 1.82) is 0 Å². The molecule has 2 rings (SSSR count). The fraction of sp³-hybridized carbons (Fsp3) is 0.571. The van der Waals surface area contributed by atoms with E-state index in [9.17, 15) is 5.11 Å². The summed E-state index contributed by atoms with van der Waals surface area (Å²) in [5.74, 6) is 0.828. The summed E-state index contributed by atoms with van der Waals surface area (Å²) in [5, 5.41) is 9.48. The Bertz CT molecular complexity index is 409. The largest absolute Gasteiger partial charge is 0.508 e. The molecule has 0 amide bonds. The van der Waals surface area contributed by atoms with Gasteiger partial charge in [0.2, 0.25) is 0 Å². The molecule has 0 saturated carbocycles. The SMILES string of the molecule is CC1(C)CN(Cc2cccc(O)c2)CC(CCl)O1. The number of phenols is 1. The van der Waals surface area contributed by atoms with Crippen molar-refractivity contribution in [1.82, 2.24) is 4.90 Å². The molecule has 3 nitrogen and oxygen atoms in total. The van der Waals surface area contributed by atoms with Crippen LogP contribution < -0.4 is 0 Å². The van der Waals surface area contributed by atoms with Crippen LogP contribution in [0.5, 0.6) is 5.75 Å². The highest BCUT2D eigenvalue weighted by Crippen LogP contribution is 2.23. The van der Waals surface area contributed by atoms with E-state index in [0.717, 1.165) is 25.2 Å². The van der Waals surface area contributed by atoms with E-state index in [4.69, 9.17) is 16.3 Å². The Balaban J connectivity index is 2.04. The number of halogens is 1. The monoisotopic (exact) mass is 269 g/mol. The number of phenolic OH excluding ortho intramolecular Hbond substituents is 1. The van der Waals surface area contributed by atoms with E-state index in [1.807, 2.05) is 12.1 Å². The second-order valence-corrected chi connectivity index (χ2v) is 5.80. The maximum absolute atomic E-state index is 9.48. The number of aromatic hydroxyl groups is 1. The molecule has 1 aromatic rings. The molecule has 18 heavy (non-hydrogen) atoms. The van der Waals surface area contributed by atoms with Gasteiger partial charge in [-0.25, -0.2) is 0 Å². The van der Waals surface area contributed by atoms with E-state index in [2.05, 4.69) is 18.7 Å². The molecule has 1 atom stereocenters. The third kappa shape index (κ3) is 3.61. The van der Waals surface area contributed by atoms with Crippen LogP contribution in [0.2, 0.25) is 0 Å². The van der Waals surface area contributed by atoms with Gasteiger partial charge in [0.25, 0.3) is 0 Å². The van der Waals surface area contributed by atoms with Crippen LogP contribution in [0.4, 0.5) is 0 Å². The molecule has 1 N–H and O–H groups in total. The Morgan fingerprint density at radius 2 is 2.28 bits per heavy atom. The second-order valence-electron chi connectivity index (χ2n) is 5.49. The molecule has 1 fully saturated rings. The summed E-state index contributed by atoms with van der Waals surface area (Å²) >= 11 is 5.91. The molecule has 0 bridgehead atoms. The van der Waals surface area contributed by atoms with Crippen LogP contribution in [0.3, 0.4) is 0 Å². The van der Waals surface area contributed by atoms with E-state index < -0.39 is 0 Å². The molecule has 0 aliphatic carbocycles. The number of benzene rings is 1. The van der Waals surface area contributed by atoms with Crippen LogP contribution in [0.25, 0.3) is 0 Å². The zero-order valence-corrected chi connectivity index (χ0v) is 11.7. The van der Waals surface area contributed by atoms with Gasteiger partial charge in [0.15, 0.2) is 0 Å². The first kappa shape index (κ1) is 13.7. The van der Waals surface area contributed by atoms with Crippen LogP contribution in [0.1, 0.15) is 19.4 Å². The highest BCUT2D eigenvalue weighted by molar-refractivity contribution is 6.18. The van der Waals surface area contributed by atoms with E-state index in [0.29, 0.717) is 11.6 Å². The first-order valence-electron chi connectivity index (χ1n) is 6.22. The van der Waals surface area contributed by atoms with Gasteiger partial charge in [-0.2, -0.15) is 0 Å². The summed E-state index contributed by atoms with van der Waals surface area (Å²) < 4.78 is 5.89. The first-order chi connectivity index (χ1) is 8.48. The Morgan fingerprint density at radius 1 is 1.50 bits per heavy atom. The molecule has 1 aliphatic rings. The molecule has 1 aliphatic heterocycles. The minimum absolute atomic E-state index is 0.0766. The summed E-state index contributed by atoms with van der Waals surface area (Å²) in [7, 11) is 0. The third-order valence-corrected chi connectivity index (χ3v) is 3.38. The zero-order chi connectivity index (χ0) is 13.2. The van der Waals surface area contributed by atoms with Gasteiger partial charge in [-0.05, 0) is 31.5 Å². The van der Waals surface area contributed by atoms with Crippen LogP contribution in [-0.2, 0) is 11.3 Å². The standard InChI is InChI=1S/C14H20ClNO2/c1-14(2)10-16(9-13(7-15)18-14)8-11-4-3-5-12(17)6-11/h3-6,13,17H,7-10H2,1-2H3. The Morgan fingerprint density at radius 3 is 2.94 bits per heavy atom. The number of hydrogen-bond donors (Lipinski definition) is 1. The molecular weight excluding hydrogens is 250 g/mol. The molecule has 4 heteroatoms. The fourth-order valence-corrected chi connectivity index (χ4v) is 2.69. The number of alkyl halides is 1. The fourth-order valence-electron chi connectivity index (χ4n) is 2.53. The van der Waals surface area contributed by atoms with Crippen LogP contribution >= 0.6 is 11.6 Å². The predicted molar refractivity (Wildman–Crippen MR) is 73.1 cm³/mol. The van der Waals surface area contributed by atoms with Gasteiger partial charge < -0.3 is 9.84 Å². The smallest absolute Gasteiger partial charge is 0.115 e. The summed E-state index contributed by atoms with van der Waals surface area (Å²) in [6.07, 6.45) is 0.0766. The Hall–Kier alpha value is -0.770. The molecule has 0 radical (unpaired) electrons. The molecule has 100 valence electrons. The third-order valence-electron chi connectivity index (χ3n) is 3.04. The van der Waals surface area contributed by atoms with Crippen LogP contribution in [-0.4, -0.2) is 40.7 Å². The number of nitrogens with zero attached hydrogens (tertiary/aromatic N) is 1. The van der Waals surface area contributed by atoms with Crippen molar-refractivity contribution in [3.63, 3.8) is 0 Å². The lowest BCUT2D eigenvalue weighted by atomic mass is 10.0. The summed E-state index contributed by atoms with van der Waals surface area (Å²) in [6, 6.07) is 7.39. The minimum Gasteiger partial charge on any atom is -0.508 e. The maximum Gasteiger partial charge on any atom is 0.115 e. The molecule has 1 unspecified atom stereocenters. The van der Waals surface area contributed by atoms with Gasteiger partial charge >= 0.3 is 0 Å². The molecule has 0 spiro atoms. The summed E-state index contributed by atoms with van der Waals surface area (Å²) in [5.41, 5.74) is 0.940. The van der Waals surface area contributed by atoms with E-state index >= 15 is 0 Å². The summed E-state index contributed by atoms with van der Waals surface area (Å²) in [4.78, 5) is 2.32. The maximum atomic E-state index is 9.48. The molecule has 0 aromatic heterocycles. The molecule has 1 aromatic carbocycles. The minimum atomic E-state index is -0.172. The van der Waals surface area contributed by atoms with Gasteiger partial charge in [-0.15, -0.1) is 11.6 Å². The van der Waals surface area contributed by atoms with Crippen LogP contribution in [0, 0.1) is 0 Å². The van der Waals surface area contributed by atoms with Gasteiger partial charge in [-0.1, -0.05) is 12.1 Å². The number of hydrogen-bond acceptors (Lipinski definition) is 3. The van der Waals surface area contributed by atoms with Crippen molar-refractivity contribution < 1.29 is 9.84 Å². The lowest BCUT2D eigenvalue weighted by Crippen LogP contribution is -2.52. The zero-order valence-electron chi connectivity index (χ0n) is 10.9. The summed E-state index contributed by atoms with van der Waals surface area (Å²) in [6.45, 7) is 6.69. The molecule has 1 saturated heterocycles. The quantitative estimate of drug-likeness (QED) is 0.857. The van der Waals surface area contributed by atoms with E-state index in [1.165, 1.54) is 0 Å². The van der Waals surface area contributed by atoms with E-state index in [-0.39, 0.29) is 11.7 Å². The van der Waals surface area contributed by atoms with Crippen molar-refractivity contribution in [2.24, 2.45) is 0 Å². The van der Waals surface area contributed by atoms with Gasteiger partial charge in [0.1, 0.15) is 5.75 Å². The Labute approximate surface area is 113 Å². The van der Waals surface area contributed by atoms with Crippen molar-refractivity contribution >= 4 is 11.6 Å². The Kier molecular flexibility index (Phi) is 4.15. The molecular formula is C14H20ClNO2. The number of morpholine rings is 1. The average molecular weight is 270 g/mol. The van der Waals surface area contributed by atoms with Crippen molar-refractivity contribution in [3.8, 4) is 5.75 Å². The van der Waals surface area contributed by atoms with Crippen molar-refractivity contribution in [3.05, 3.63) is 29.8 Å². The van der Waals surface area contributed by atoms with Gasteiger partial charge in [-0.3, -0.25) is 4.90 Å². The number of rotatable bonds is 3. The van der Waals surface area contributed by atoms with Gasteiger partial charge in [0.05, 0.1) is 11.7 Å². The first-order valence-corrected chi connectivity index (χ1v) is 6.76. The lowest BCUT2D eigenvalue weighted by Gasteiger charge is -2.42. The predicted octanol–water partition coefficient (Wildman–Crippen LogP) is 2.61. The highest BCUT2D eigenvalue weighted by atomic mass is 35.5. The van der Waals surface area contributed by atoms with Crippen LogP contribution in [0.15, 0.2) is 24.3 Å². The number of ether oxygens (including phenoxy) is 1. The second kappa shape index (κ2) is 5.47. The van der Waals surface area contributed by atoms with Gasteiger partial charge in [0, 0.05) is 25.5 Å². The topological polar surface area (TPSA) is 32.7 Å². The van der Waals surface area contributed by atoms with Crippen molar-refractivity contribution in [2.45, 2.75) is 32.1 Å². The van der Waals surface area contributed by atoms with Crippen molar-refractivity contribution in [2.75, 3.05) is 19.0 Å². The average Bonchev–Trinajstić information content (AvgIpc) is 2.26. The normalized spacial score (nSPS) is 24.1. The molecule has 1 heterocycles. The van der Waals surface area contributed by atoms with E-state index in [1.54, 1.807) is 12.1 Å². The highest BCUT2D eigenvalue weighted by Gasteiger charge is 2.32.